The third-order valence-electron chi connectivity index (χ3n) is 5.65. The summed E-state index contributed by atoms with van der Waals surface area (Å²) in [7, 11) is 0. The van der Waals surface area contributed by atoms with Crippen LogP contribution in [0.15, 0.2) is 67.5 Å². The molecule has 1 N–H and O–H groups in total. The molecule has 0 amide bonds. The van der Waals surface area contributed by atoms with Gasteiger partial charge in [0.25, 0.3) is 0 Å². The average Bonchev–Trinajstić information content (AvgIpc) is 3.49. The molecule has 1 aliphatic rings. The number of pyridine rings is 2. The number of nitrogens with one attached hydrogen (secondary N) is 1. The zero-order valence-corrected chi connectivity index (χ0v) is 18.1. The van der Waals surface area contributed by atoms with Gasteiger partial charge in [0.2, 0.25) is 0 Å². The summed E-state index contributed by atoms with van der Waals surface area (Å²) in [5.41, 5.74) is 5.27. The van der Waals surface area contributed by atoms with E-state index in [2.05, 4.69) is 55.0 Å². The van der Waals surface area contributed by atoms with Gasteiger partial charge in [0.15, 0.2) is 5.11 Å². The first-order valence-corrected chi connectivity index (χ1v) is 10.5. The highest BCUT2D eigenvalue weighted by Crippen LogP contribution is 2.41. The van der Waals surface area contributed by atoms with Crippen LogP contribution in [0, 0.1) is 13.8 Å². The number of hydrogen-bond acceptors (Lipinski definition) is 5. The molecule has 1 aliphatic heterocycles. The summed E-state index contributed by atoms with van der Waals surface area (Å²) in [5.74, 6) is 0. The summed E-state index contributed by atoms with van der Waals surface area (Å²) in [6, 6.07) is 14.0. The SMILES string of the molecule is Cc1cc([C@H]2[C@H](c3ccccn3)NC(=S)N2Cc2ccccn2)c(C)n1-n1cnnc1. The summed E-state index contributed by atoms with van der Waals surface area (Å²) >= 11 is 5.78. The minimum Gasteiger partial charge on any atom is -0.352 e. The van der Waals surface area contributed by atoms with Crippen LogP contribution in [0.3, 0.4) is 0 Å². The van der Waals surface area contributed by atoms with Gasteiger partial charge in [0.05, 0.1) is 30.0 Å². The van der Waals surface area contributed by atoms with E-state index in [-0.39, 0.29) is 12.1 Å². The van der Waals surface area contributed by atoms with Crippen LogP contribution < -0.4 is 5.32 Å². The summed E-state index contributed by atoms with van der Waals surface area (Å²) < 4.78 is 3.98. The first-order chi connectivity index (χ1) is 15.1. The number of aryl methyl sites for hydroxylation is 1. The van der Waals surface area contributed by atoms with Crippen LogP contribution in [-0.2, 0) is 6.54 Å². The lowest BCUT2D eigenvalue weighted by Crippen LogP contribution is -2.29. The van der Waals surface area contributed by atoms with Gasteiger partial charge in [-0.2, -0.15) is 0 Å². The number of hydrogen-bond donors (Lipinski definition) is 1. The van der Waals surface area contributed by atoms with E-state index in [0.29, 0.717) is 11.7 Å². The highest BCUT2D eigenvalue weighted by Gasteiger charge is 2.41. The molecule has 1 saturated heterocycles. The molecule has 0 bridgehead atoms. The molecule has 1 fully saturated rings. The van der Waals surface area contributed by atoms with Crippen LogP contribution in [-0.4, -0.2) is 39.5 Å². The molecule has 8 nitrogen and oxygen atoms in total. The van der Waals surface area contributed by atoms with Crippen LogP contribution in [0.4, 0.5) is 0 Å². The predicted octanol–water partition coefficient (Wildman–Crippen LogP) is 2.97. The molecule has 31 heavy (non-hydrogen) atoms. The van der Waals surface area contributed by atoms with E-state index in [0.717, 1.165) is 22.8 Å². The summed E-state index contributed by atoms with van der Waals surface area (Å²) in [6.07, 6.45) is 7.02. The minimum absolute atomic E-state index is 0.0409. The van der Waals surface area contributed by atoms with Crippen molar-refractivity contribution >= 4 is 17.3 Å². The Morgan fingerprint density at radius 2 is 1.74 bits per heavy atom. The molecule has 0 spiro atoms. The maximum absolute atomic E-state index is 5.78. The Balaban J connectivity index is 1.62. The Morgan fingerprint density at radius 3 is 2.42 bits per heavy atom. The summed E-state index contributed by atoms with van der Waals surface area (Å²) in [5, 5.41) is 12.1. The number of nitrogens with zero attached hydrogens (tertiary/aromatic N) is 7. The van der Waals surface area contributed by atoms with Gasteiger partial charge in [-0.05, 0) is 56.4 Å². The summed E-state index contributed by atoms with van der Waals surface area (Å²) in [4.78, 5) is 11.3. The number of aromatic nitrogens is 6. The topological polar surface area (TPSA) is 76.7 Å². The average molecular weight is 431 g/mol. The van der Waals surface area contributed by atoms with Crippen molar-refractivity contribution in [2.24, 2.45) is 0 Å². The van der Waals surface area contributed by atoms with Gasteiger partial charge >= 0.3 is 0 Å². The normalized spacial score (nSPS) is 18.4. The van der Waals surface area contributed by atoms with E-state index in [4.69, 9.17) is 12.2 Å². The van der Waals surface area contributed by atoms with Crippen molar-refractivity contribution in [3.63, 3.8) is 0 Å². The van der Waals surface area contributed by atoms with Gasteiger partial charge in [-0.3, -0.25) is 14.6 Å². The van der Waals surface area contributed by atoms with E-state index < -0.39 is 0 Å². The molecular weight excluding hydrogens is 408 g/mol. The first-order valence-electron chi connectivity index (χ1n) is 10.1. The highest BCUT2D eigenvalue weighted by molar-refractivity contribution is 7.80. The second-order valence-electron chi connectivity index (χ2n) is 7.56. The van der Waals surface area contributed by atoms with Crippen LogP contribution in [0.1, 0.15) is 40.4 Å². The molecule has 0 saturated carbocycles. The molecule has 0 aliphatic carbocycles. The van der Waals surface area contributed by atoms with E-state index in [1.165, 1.54) is 5.56 Å². The molecule has 5 heterocycles. The molecule has 5 rings (SSSR count). The summed E-state index contributed by atoms with van der Waals surface area (Å²) in [6.45, 7) is 4.80. The number of thiocarbonyl (C=S) groups is 1. The molecule has 0 unspecified atom stereocenters. The zero-order chi connectivity index (χ0) is 21.4. The zero-order valence-electron chi connectivity index (χ0n) is 17.3. The Hall–Kier alpha value is -3.59. The molecule has 4 aromatic heterocycles. The van der Waals surface area contributed by atoms with Crippen molar-refractivity contribution in [2.45, 2.75) is 32.5 Å². The number of rotatable bonds is 5. The van der Waals surface area contributed by atoms with Gasteiger partial charge in [-0.25, -0.2) is 4.68 Å². The van der Waals surface area contributed by atoms with Crippen LogP contribution >= 0.6 is 12.2 Å². The third-order valence-corrected chi connectivity index (χ3v) is 6.00. The lowest BCUT2D eigenvalue weighted by Gasteiger charge is -2.28. The molecule has 2 atom stereocenters. The van der Waals surface area contributed by atoms with Crippen molar-refractivity contribution in [1.82, 2.24) is 39.7 Å². The minimum atomic E-state index is -0.0766. The highest BCUT2D eigenvalue weighted by atomic mass is 32.1. The fourth-order valence-electron chi connectivity index (χ4n) is 4.31. The van der Waals surface area contributed by atoms with E-state index >= 15 is 0 Å². The van der Waals surface area contributed by atoms with Crippen molar-refractivity contribution in [2.75, 3.05) is 0 Å². The van der Waals surface area contributed by atoms with E-state index in [9.17, 15) is 0 Å². The van der Waals surface area contributed by atoms with Crippen LogP contribution in [0.25, 0.3) is 0 Å². The Bertz CT molecular complexity index is 1190. The Labute approximate surface area is 185 Å². The standard InChI is InChI=1S/C22H22N8S/c1-15-11-18(16(2)30(15)28-13-25-26-14-28)21-20(19-8-4-6-10-24-19)27-22(31)29(21)12-17-7-3-5-9-23-17/h3-11,13-14,20-21H,12H2,1-2H3,(H,27,31)/t20-,21-/m0/s1. The van der Waals surface area contributed by atoms with Crippen LogP contribution in [0.5, 0.6) is 0 Å². The van der Waals surface area contributed by atoms with Crippen LogP contribution in [0.2, 0.25) is 0 Å². The predicted molar refractivity (Wildman–Crippen MR) is 120 cm³/mol. The van der Waals surface area contributed by atoms with Gasteiger partial charge in [0, 0.05) is 29.3 Å². The van der Waals surface area contributed by atoms with Crippen molar-refractivity contribution in [3.8, 4) is 0 Å². The van der Waals surface area contributed by atoms with Gasteiger partial charge in [-0.15, -0.1) is 10.2 Å². The fraction of sp³-hybridized carbons (Fsp3) is 0.227. The fourth-order valence-corrected chi connectivity index (χ4v) is 4.62. The van der Waals surface area contributed by atoms with E-state index in [1.807, 2.05) is 53.5 Å². The molecular formula is C22H22N8S. The molecule has 9 heteroatoms. The maximum Gasteiger partial charge on any atom is 0.170 e. The smallest absolute Gasteiger partial charge is 0.170 e. The molecule has 0 radical (unpaired) electrons. The van der Waals surface area contributed by atoms with Gasteiger partial charge in [0.1, 0.15) is 12.7 Å². The molecule has 156 valence electrons. The second-order valence-corrected chi connectivity index (χ2v) is 7.94. The monoisotopic (exact) mass is 430 g/mol. The largest absolute Gasteiger partial charge is 0.352 e. The lowest BCUT2D eigenvalue weighted by atomic mass is 9.96. The van der Waals surface area contributed by atoms with Crippen molar-refractivity contribution < 1.29 is 0 Å². The molecule has 0 aromatic carbocycles. The van der Waals surface area contributed by atoms with Crippen molar-refractivity contribution in [1.29, 1.82) is 0 Å². The van der Waals surface area contributed by atoms with Gasteiger partial charge < -0.3 is 10.2 Å². The first kappa shape index (κ1) is 19.4. The van der Waals surface area contributed by atoms with Crippen molar-refractivity contribution in [3.05, 3.63) is 95.9 Å². The Morgan fingerprint density at radius 1 is 1.00 bits per heavy atom. The molecule has 4 aromatic rings. The quantitative estimate of drug-likeness (QED) is 0.488. The third kappa shape index (κ3) is 3.46. The second kappa shape index (κ2) is 7.92. The Kier molecular flexibility index (Phi) is 4.95. The van der Waals surface area contributed by atoms with E-state index in [1.54, 1.807) is 12.7 Å². The lowest BCUT2D eigenvalue weighted by molar-refractivity contribution is 0.306. The van der Waals surface area contributed by atoms with Gasteiger partial charge in [-0.1, -0.05) is 12.1 Å². The maximum atomic E-state index is 5.78.